The van der Waals surface area contributed by atoms with Crippen LogP contribution in [0.15, 0.2) is 12.1 Å². The van der Waals surface area contributed by atoms with Gasteiger partial charge in [0.05, 0.1) is 21.1 Å². The molecule has 1 N–H and O–H groups in total. The van der Waals surface area contributed by atoms with Crippen LogP contribution in [0.3, 0.4) is 0 Å². The highest BCUT2D eigenvalue weighted by molar-refractivity contribution is 6.33. The first-order chi connectivity index (χ1) is 6.97. The Kier molecular flexibility index (Phi) is 3.01. The summed E-state index contributed by atoms with van der Waals surface area (Å²) >= 11 is 5.50. The van der Waals surface area contributed by atoms with Crippen LogP contribution in [0, 0.1) is 10.1 Å². The summed E-state index contributed by atoms with van der Waals surface area (Å²) in [5.74, 6) is -1.35. The molecule has 0 aromatic heterocycles. The molecule has 1 aromatic carbocycles. The number of benzene rings is 1. The van der Waals surface area contributed by atoms with Crippen molar-refractivity contribution >= 4 is 29.5 Å². The molecule has 0 radical (unpaired) electrons. The summed E-state index contributed by atoms with van der Waals surface area (Å²) in [5, 5.41) is 18.8. The fourth-order valence-corrected chi connectivity index (χ4v) is 1.23. The first-order valence-electron chi connectivity index (χ1n) is 3.63. The SMILES string of the molecule is O=Cc1cc(C(=O)O)c(Cl)cc1[N+](=O)[O-]. The van der Waals surface area contributed by atoms with E-state index in [0.29, 0.717) is 0 Å². The van der Waals surface area contributed by atoms with Crippen molar-refractivity contribution in [1.82, 2.24) is 0 Å². The van der Waals surface area contributed by atoms with E-state index in [4.69, 9.17) is 16.7 Å². The summed E-state index contributed by atoms with van der Waals surface area (Å²) in [6.45, 7) is 0. The highest BCUT2D eigenvalue weighted by Crippen LogP contribution is 2.26. The van der Waals surface area contributed by atoms with Gasteiger partial charge in [0.1, 0.15) is 0 Å². The average molecular weight is 230 g/mol. The van der Waals surface area contributed by atoms with Gasteiger partial charge in [0, 0.05) is 6.07 Å². The normalized spacial score (nSPS) is 9.67. The lowest BCUT2D eigenvalue weighted by molar-refractivity contribution is -0.385. The first-order valence-corrected chi connectivity index (χ1v) is 4.01. The number of carbonyl (C=O) groups excluding carboxylic acids is 1. The van der Waals surface area contributed by atoms with Gasteiger partial charge in [-0.15, -0.1) is 0 Å². The summed E-state index contributed by atoms with van der Waals surface area (Å²) in [7, 11) is 0. The van der Waals surface area contributed by atoms with Gasteiger partial charge in [-0.3, -0.25) is 14.9 Å². The average Bonchev–Trinajstić information content (AvgIpc) is 2.16. The van der Waals surface area contributed by atoms with Crippen LogP contribution in [0.25, 0.3) is 0 Å². The predicted octanol–water partition coefficient (Wildman–Crippen LogP) is 1.76. The number of halogens is 1. The Balaban J connectivity index is 3.48. The number of aldehydes is 1. The molecule has 6 nitrogen and oxygen atoms in total. The van der Waals surface area contributed by atoms with Crippen LogP contribution >= 0.6 is 11.6 Å². The highest BCUT2D eigenvalue weighted by Gasteiger charge is 2.19. The number of nitro groups is 1. The van der Waals surface area contributed by atoms with Crippen molar-refractivity contribution in [2.24, 2.45) is 0 Å². The van der Waals surface area contributed by atoms with Crippen LogP contribution in [0.5, 0.6) is 0 Å². The van der Waals surface area contributed by atoms with Gasteiger partial charge >= 0.3 is 5.97 Å². The molecule has 0 spiro atoms. The molecule has 0 amide bonds. The Morgan fingerprint density at radius 1 is 1.53 bits per heavy atom. The zero-order valence-electron chi connectivity index (χ0n) is 7.14. The lowest BCUT2D eigenvalue weighted by Gasteiger charge is -2.00. The standard InChI is InChI=1S/C8H4ClNO5/c9-6-2-7(10(14)15)4(3-11)1-5(6)8(12)13/h1-3H,(H,12,13). The third-order valence-corrected chi connectivity index (χ3v) is 1.98. The molecule has 0 heterocycles. The van der Waals surface area contributed by atoms with Crippen molar-refractivity contribution in [1.29, 1.82) is 0 Å². The highest BCUT2D eigenvalue weighted by atomic mass is 35.5. The molecular weight excluding hydrogens is 226 g/mol. The predicted molar refractivity (Wildman–Crippen MR) is 50.5 cm³/mol. The second kappa shape index (κ2) is 4.05. The number of carboxylic acid groups (broad SMARTS) is 1. The molecule has 15 heavy (non-hydrogen) atoms. The third kappa shape index (κ3) is 2.10. The molecule has 78 valence electrons. The van der Waals surface area contributed by atoms with Gasteiger partial charge in [0.15, 0.2) is 6.29 Å². The molecule has 0 saturated carbocycles. The Bertz CT molecular complexity index is 457. The topological polar surface area (TPSA) is 97.5 Å². The minimum Gasteiger partial charge on any atom is -0.478 e. The van der Waals surface area contributed by atoms with E-state index in [-0.39, 0.29) is 22.4 Å². The Morgan fingerprint density at radius 2 is 2.13 bits per heavy atom. The van der Waals surface area contributed by atoms with E-state index in [2.05, 4.69) is 0 Å². The number of carbonyl (C=O) groups is 2. The molecule has 0 saturated heterocycles. The monoisotopic (exact) mass is 229 g/mol. The van der Waals surface area contributed by atoms with E-state index in [0.717, 1.165) is 12.1 Å². The van der Waals surface area contributed by atoms with E-state index < -0.39 is 16.6 Å². The lowest BCUT2D eigenvalue weighted by Crippen LogP contribution is -2.02. The second-order valence-corrected chi connectivity index (χ2v) is 2.98. The van der Waals surface area contributed by atoms with Crippen LogP contribution in [0.4, 0.5) is 5.69 Å². The second-order valence-electron chi connectivity index (χ2n) is 2.57. The van der Waals surface area contributed by atoms with Crippen molar-refractivity contribution in [3.05, 3.63) is 38.4 Å². The number of nitro benzene ring substituents is 1. The molecule has 0 fully saturated rings. The molecule has 1 rings (SSSR count). The van der Waals surface area contributed by atoms with Gasteiger partial charge in [-0.05, 0) is 6.07 Å². The number of rotatable bonds is 3. The van der Waals surface area contributed by atoms with Crippen molar-refractivity contribution in [2.75, 3.05) is 0 Å². The maximum Gasteiger partial charge on any atom is 0.337 e. The number of carboxylic acids is 1. The molecule has 0 unspecified atom stereocenters. The summed E-state index contributed by atoms with van der Waals surface area (Å²) in [6.07, 6.45) is 0.209. The van der Waals surface area contributed by atoms with Crippen LogP contribution in [0.2, 0.25) is 5.02 Å². The maximum atomic E-state index is 10.6. The summed E-state index contributed by atoms with van der Waals surface area (Å²) < 4.78 is 0. The minimum absolute atomic E-state index is 0.209. The van der Waals surface area contributed by atoms with Crippen molar-refractivity contribution in [3.8, 4) is 0 Å². The Morgan fingerprint density at radius 3 is 2.53 bits per heavy atom. The van der Waals surface area contributed by atoms with E-state index >= 15 is 0 Å². The van der Waals surface area contributed by atoms with Gasteiger partial charge in [0.2, 0.25) is 0 Å². The molecule has 0 atom stereocenters. The van der Waals surface area contributed by atoms with E-state index in [1.54, 1.807) is 0 Å². The maximum absolute atomic E-state index is 10.6. The van der Waals surface area contributed by atoms with Crippen LogP contribution < -0.4 is 0 Å². The largest absolute Gasteiger partial charge is 0.478 e. The van der Waals surface area contributed by atoms with Crippen LogP contribution in [-0.2, 0) is 0 Å². The Labute approximate surface area is 88.2 Å². The van der Waals surface area contributed by atoms with E-state index in [1.165, 1.54) is 0 Å². The smallest absolute Gasteiger partial charge is 0.337 e. The fraction of sp³-hybridized carbons (Fsp3) is 0. The molecule has 1 aromatic rings. The van der Waals surface area contributed by atoms with E-state index in [9.17, 15) is 19.7 Å². The van der Waals surface area contributed by atoms with Crippen LogP contribution in [0.1, 0.15) is 20.7 Å². The van der Waals surface area contributed by atoms with Crippen LogP contribution in [-0.4, -0.2) is 22.3 Å². The number of hydrogen-bond acceptors (Lipinski definition) is 4. The zero-order chi connectivity index (χ0) is 11.6. The number of nitrogens with zero attached hydrogens (tertiary/aromatic N) is 1. The molecule has 0 aliphatic carbocycles. The quantitative estimate of drug-likeness (QED) is 0.484. The van der Waals surface area contributed by atoms with Gasteiger partial charge < -0.3 is 5.11 Å². The van der Waals surface area contributed by atoms with Gasteiger partial charge in [-0.2, -0.15) is 0 Å². The van der Waals surface area contributed by atoms with Gasteiger partial charge in [0.25, 0.3) is 5.69 Å². The zero-order valence-corrected chi connectivity index (χ0v) is 7.89. The van der Waals surface area contributed by atoms with Crippen molar-refractivity contribution < 1.29 is 19.6 Å². The summed E-state index contributed by atoms with van der Waals surface area (Å²) in [5.41, 5.74) is -1.17. The molecule has 0 aliphatic rings. The van der Waals surface area contributed by atoms with Gasteiger partial charge in [-0.25, -0.2) is 4.79 Å². The van der Waals surface area contributed by atoms with Gasteiger partial charge in [-0.1, -0.05) is 11.6 Å². The molecular formula is C8H4ClNO5. The number of aromatic carboxylic acids is 1. The van der Waals surface area contributed by atoms with E-state index in [1.807, 2.05) is 0 Å². The van der Waals surface area contributed by atoms with Crippen molar-refractivity contribution in [3.63, 3.8) is 0 Å². The molecule has 7 heteroatoms. The minimum atomic E-state index is -1.35. The first kappa shape index (κ1) is 11.1. The summed E-state index contributed by atoms with van der Waals surface area (Å²) in [4.78, 5) is 30.7. The number of hydrogen-bond donors (Lipinski definition) is 1. The third-order valence-electron chi connectivity index (χ3n) is 1.67. The van der Waals surface area contributed by atoms with Crippen molar-refractivity contribution in [2.45, 2.75) is 0 Å². The fourth-order valence-electron chi connectivity index (χ4n) is 0.996. The Hall–Kier alpha value is -1.95. The summed E-state index contributed by atoms with van der Waals surface area (Å²) in [6, 6.07) is 1.71. The molecule has 0 bridgehead atoms. The molecule has 0 aliphatic heterocycles. The lowest BCUT2D eigenvalue weighted by atomic mass is 10.1.